The Morgan fingerprint density at radius 1 is 1.33 bits per heavy atom. The van der Waals surface area contributed by atoms with Crippen LogP contribution in [0.25, 0.3) is 0 Å². The van der Waals surface area contributed by atoms with Gasteiger partial charge in [0.15, 0.2) is 0 Å². The zero-order valence-electron chi connectivity index (χ0n) is 7.68. The minimum absolute atomic E-state index is 0.330. The second kappa shape index (κ2) is 3.35. The van der Waals surface area contributed by atoms with E-state index in [1.54, 1.807) is 0 Å². The molecule has 0 heterocycles. The van der Waals surface area contributed by atoms with Crippen LogP contribution in [-0.4, -0.2) is 23.8 Å². The van der Waals surface area contributed by atoms with Gasteiger partial charge < -0.3 is 10.4 Å². The summed E-state index contributed by atoms with van der Waals surface area (Å²) in [5, 5.41) is 13.1. The highest BCUT2D eigenvalue weighted by molar-refractivity contribution is 4.89. The molecule has 0 bridgehead atoms. The first kappa shape index (κ1) is 8.52. The zero-order chi connectivity index (χ0) is 8.44. The Hall–Kier alpha value is -0.0800. The van der Waals surface area contributed by atoms with E-state index in [0.29, 0.717) is 0 Å². The van der Waals surface area contributed by atoms with Crippen LogP contribution in [0, 0.1) is 5.92 Å². The van der Waals surface area contributed by atoms with E-state index in [1.165, 1.54) is 25.7 Å². The standard InChI is InChI=1S/C10H19NO/c12-10(5-1-6-10)8-11-7-4-9-2-3-9/h9,11-12H,1-8H2. The Bertz CT molecular complexity index is 150. The summed E-state index contributed by atoms with van der Waals surface area (Å²) in [6, 6.07) is 0. The highest BCUT2D eigenvalue weighted by Crippen LogP contribution is 2.32. The number of hydrogen-bond donors (Lipinski definition) is 2. The van der Waals surface area contributed by atoms with Crippen LogP contribution in [0.2, 0.25) is 0 Å². The van der Waals surface area contributed by atoms with Crippen molar-refractivity contribution in [1.29, 1.82) is 0 Å². The van der Waals surface area contributed by atoms with E-state index in [0.717, 1.165) is 31.8 Å². The summed E-state index contributed by atoms with van der Waals surface area (Å²) in [6.07, 6.45) is 7.40. The van der Waals surface area contributed by atoms with Crippen LogP contribution in [0.1, 0.15) is 38.5 Å². The Morgan fingerprint density at radius 3 is 2.58 bits per heavy atom. The summed E-state index contributed by atoms with van der Waals surface area (Å²) in [4.78, 5) is 0. The van der Waals surface area contributed by atoms with Crippen LogP contribution in [-0.2, 0) is 0 Å². The lowest BCUT2D eigenvalue weighted by Crippen LogP contribution is -2.46. The lowest BCUT2D eigenvalue weighted by molar-refractivity contribution is -0.0311. The summed E-state index contributed by atoms with van der Waals surface area (Å²) < 4.78 is 0. The molecule has 0 aromatic rings. The van der Waals surface area contributed by atoms with Crippen LogP contribution < -0.4 is 5.32 Å². The van der Waals surface area contributed by atoms with Gasteiger partial charge in [-0.1, -0.05) is 12.8 Å². The van der Waals surface area contributed by atoms with Crippen molar-refractivity contribution in [3.05, 3.63) is 0 Å². The molecule has 0 radical (unpaired) electrons. The Morgan fingerprint density at radius 2 is 2.08 bits per heavy atom. The molecule has 0 amide bonds. The molecule has 2 fully saturated rings. The number of aliphatic hydroxyl groups is 1. The molecule has 2 heteroatoms. The topological polar surface area (TPSA) is 32.3 Å². The Labute approximate surface area is 74.4 Å². The molecule has 0 atom stereocenters. The zero-order valence-corrected chi connectivity index (χ0v) is 7.68. The molecule has 0 saturated heterocycles. The van der Waals surface area contributed by atoms with E-state index in [4.69, 9.17) is 0 Å². The van der Waals surface area contributed by atoms with Gasteiger partial charge >= 0.3 is 0 Å². The molecule has 12 heavy (non-hydrogen) atoms. The maximum absolute atomic E-state index is 9.73. The van der Waals surface area contributed by atoms with Crippen molar-refractivity contribution in [3.63, 3.8) is 0 Å². The van der Waals surface area contributed by atoms with Crippen LogP contribution in [0.4, 0.5) is 0 Å². The highest BCUT2D eigenvalue weighted by Gasteiger charge is 2.33. The normalized spacial score (nSPS) is 26.8. The van der Waals surface area contributed by atoms with Gasteiger partial charge in [-0.3, -0.25) is 0 Å². The second-order valence-corrected chi connectivity index (χ2v) is 4.49. The molecule has 2 aliphatic rings. The molecule has 0 aromatic carbocycles. The van der Waals surface area contributed by atoms with Crippen LogP contribution in [0.5, 0.6) is 0 Å². The minimum Gasteiger partial charge on any atom is -0.389 e. The van der Waals surface area contributed by atoms with Gasteiger partial charge in [0.2, 0.25) is 0 Å². The van der Waals surface area contributed by atoms with Crippen molar-refractivity contribution >= 4 is 0 Å². The molecule has 0 spiro atoms. The number of hydrogen-bond acceptors (Lipinski definition) is 2. The fraction of sp³-hybridized carbons (Fsp3) is 1.00. The number of rotatable bonds is 5. The van der Waals surface area contributed by atoms with Crippen molar-refractivity contribution in [2.24, 2.45) is 5.92 Å². The SMILES string of the molecule is OC1(CNCCC2CC2)CCC1. The maximum atomic E-state index is 9.73. The molecule has 0 aromatic heterocycles. The average Bonchev–Trinajstić information content (AvgIpc) is 2.78. The summed E-state index contributed by atoms with van der Waals surface area (Å²) in [5.74, 6) is 1.01. The molecule has 2 nitrogen and oxygen atoms in total. The van der Waals surface area contributed by atoms with Gasteiger partial charge in [-0.05, 0) is 38.1 Å². The van der Waals surface area contributed by atoms with Crippen LogP contribution in [0.3, 0.4) is 0 Å². The van der Waals surface area contributed by atoms with E-state index >= 15 is 0 Å². The molecule has 2 N–H and O–H groups in total. The van der Waals surface area contributed by atoms with Crippen molar-refractivity contribution in [1.82, 2.24) is 5.32 Å². The quantitative estimate of drug-likeness (QED) is 0.608. The van der Waals surface area contributed by atoms with Gasteiger partial charge in [-0.25, -0.2) is 0 Å². The van der Waals surface area contributed by atoms with Crippen molar-refractivity contribution in [2.75, 3.05) is 13.1 Å². The third-order valence-corrected chi connectivity index (χ3v) is 3.16. The van der Waals surface area contributed by atoms with Crippen LogP contribution in [0.15, 0.2) is 0 Å². The van der Waals surface area contributed by atoms with E-state index in [1.807, 2.05) is 0 Å². The van der Waals surface area contributed by atoms with Crippen molar-refractivity contribution < 1.29 is 5.11 Å². The van der Waals surface area contributed by atoms with E-state index < -0.39 is 0 Å². The van der Waals surface area contributed by atoms with Crippen LogP contribution >= 0.6 is 0 Å². The van der Waals surface area contributed by atoms with Gasteiger partial charge in [0, 0.05) is 6.54 Å². The summed E-state index contributed by atoms with van der Waals surface area (Å²) in [5.41, 5.74) is -0.330. The van der Waals surface area contributed by atoms with Gasteiger partial charge in [-0.15, -0.1) is 0 Å². The van der Waals surface area contributed by atoms with Gasteiger partial charge in [0.1, 0.15) is 0 Å². The summed E-state index contributed by atoms with van der Waals surface area (Å²) in [6.45, 7) is 1.92. The van der Waals surface area contributed by atoms with Gasteiger partial charge in [0.05, 0.1) is 5.60 Å². The molecule has 0 unspecified atom stereocenters. The fourth-order valence-electron chi connectivity index (χ4n) is 1.80. The first-order chi connectivity index (χ1) is 5.79. The van der Waals surface area contributed by atoms with Crippen molar-refractivity contribution in [2.45, 2.75) is 44.1 Å². The molecule has 2 rings (SSSR count). The smallest absolute Gasteiger partial charge is 0.0771 e. The third kappa shape index (κ3) is 2.20. The molecular weight excluding hydrogens is 150 g/mol. The molecular formula is C10H19NO. The lowest BCUT2D eigenvalue weighted by Gasteiger charge is -2.36. The van der Waals surface area contributed by atoms with Gasteiger partial charge in [0.25, 0.3) is 0 Å². The molecule has 2 saturated carbocycles. The largest absolute Gasteiger partial charge is 0.389 e. The third-order valence-electron chi connectivity index (χ3n) is 3.16. The monoisotopic (exact) mass is 169 g/mol. The number of nitrogens with one attached hydrogen (secondary N) is 1. The van der Waals surface area contributed by atoms with E-state index in [2.05, 4.69) is 5.32 Å². The lowest BCUT2D eigenvalue weighted by atomic mass is 9.80. The van der Waals surface area contributed by atoms with E-state index in [-0.39, 0.29) is 5.60 Å². The highest BCUT2D eigenvalue weighted by atomic mass is 16.3. The first-order valence-electron chi connectivity index (χ1n) is 5.22. The Kier molecular flexibility index (Phi) is 2.37. The predicted octanol–water partition coefficient (Wildman–Crippen LogP) is 1.29. The first-order valence-corrected chi connectivity index (χ1v) is 5.22. The minimum atomic E-state index is -0.330. The molecule has 0 aliphatic heterocycles. The maximum Gasteiger partial charge on any atom is 0.0771 e. The van der Waals surface area contributed by atoms with Crippen molar-refractivity contribution in [3.8, 4) is 0 Å². The molecule has 70 valence electrons. The van der Waals surface area contributed by atoms with Gasteiger partial charge in [-0.2, -0.15) is 0 Å². The average molecular weight is 169 g/mol. The second-order valence-electron chi connectivity index (χ2n) is 4.49. The predicted molar refractivity (Wildman–Crippen MR) is 49.0 cm³/mol. The summed E-state index contributed by atoms with van der Waals surface area (Å²) in [7, 11) is 0. The van der Waals surface area contributed by atoms with E-state index in [9.17, 15) is 5.11 Å². The summed E-state index contributed by atoms with van der Waals surface area (Å²) >= 11 is 0. The Balaban J connectivity index is 1.49. The molecule has 2 aliphatic carbocycles. The fourth-order valence-corrected chi connectivity index (χ4v) is 1.80.